The van der Waals surface area contributed by atoms with E-state index in [0.717, 1.165) is 0 Å². The van der Waals surface area contributed by atoms with Crippen molar-refractivity contribution < 1.29 is 18.9 Å². The normalized spacial score (nSPS) is 18.5. The molecule has 0 saturated carbocycles. The Kier molecular flexibility index (Phi) is 4.09. The maximum absolute atomic E-state index is 12.3. The van der Waals surface area contributed by atoms with E-state index in [4.69, 9.17) is 4.52 Å². The monoisotopic (exact) mass is 319 g/mol. The Morgan fingerprint density at radius 1 is 1.13 bits per heavy atom. The summed E-state index contributed by atoms with van der Waals surface area (Å²) in [5, 5.41) is 7.53. The van der Waals surface area contributed by atoms with Crippen molar-refractivity contribution in [3.05, 3.63) is 17.5 Å². The second kappa shape index (κ2) is 6.19. The zero-order valence-corrected chi connectivity index (χ0v) is 12.7. The average Bonchev–Trinajstić information content (AvgIpc) is 3.01. The minimum absolute atomic E-state index is 0.181. The predicted molar refractivity (Wildman–Crippen MR) is 78.5 cm³/mol. The maximum Gasteiger partial charge on any atom is 0.276 e. The quantitative estimate of drug-likeness (QED) is 0.793. The fourth-order valence-corrected chi connectivity index (χ4v) is 2.55. The van der Waals surface area contributed by atoms with Gasteiger partial charge in [0.25, 0.3) is 11.8 Å². The van der Waals surface area contributed by atoms with Crippen molar-refractivity contribution in [3.8, 4) is 0 Å². The molecular formula is C14H17N5O4. The van der Waals surface area contributed by atoms with Crippen LogP contribution < -0.4 is 5.43 Å². The topological polar surface area (TPSA) is 108 Å². The number of rotatable bonds is 2. The van der Waals surface area contributed by atoms with Crippen LogP contribution in [0.25, 0.3) is 0 Å². The highest BCUT2D eigenvalue weighted by atomic mass is 16.5. The lowest BCUT2D eigenvalue weighted by atomic mass is 10.1. The van der Waals surface area contributed by atoms with Crippen molar-refractivity contribution in [1.29, 1.82) is 0 Å². The van der Waals surface area contributed by atoms with E-state index in [1.54, 1.807) is 22.8 Å². The van der Waals surface area contributed by atoms with Gasteiger partial charge in [-0.15, -0.1) is 0 Å². The van der Waals surface area contributed by atoms with Gasteiger partial charge >= 0.3 is 0 Å². The fraction of sp³-hybridized carbons (Fsp3) is 0.500. The number of hydrazone groups is 1. The Balaban J connectivity index is 1.57. The molecule has 1 aromatic heterocycles. The molecule has 1 saturated heterocycles. The molecule has 0 atom stereocenters. The second-order valence-electron chi connectivity index (χ2n) is 5.50. The third-order valence-corrected chi connectivity index (χ3v) is 3.85. The molecule has 3 heterocycles. The Morgan fingerprint density at radius 2 is 1.78 bits per heavy atom. The third kappa shape index (κ3) is 3.22. The average molecular weight is 319 g/mol. The van der Waals surface area contributed by atoms with E-state index < -0.39 is 0 Å². The van der Waals surface area contributed by atoms with Crippen LogP contribution in [-0.2, 0) is 9.59 Å². The Hall–Kier alpha value is -2.71. The van der Waals surface area contributed by atoms with Gasteiger partial charge < -0.3 is 14.3 Å². The molecule has 0 radical (unpaired) electrons. The van der Waals surface area contributed by atoms with Crippen LogP contribution in [-0.4, -0.2) is 64.6 Å². The number of nitrogens with one attached hydrogen (secondary N) is 1. The Morgan fingerprint density at radius 3 is 2.30 bits per heavy atom. The summed E-state index contributed by atoms with van der Waals surface area (Å²) < 4.78 is 4.91. The number of amides is 3. The van der Waals surface area contributed by atoms with E-state index in [-0.39, 0.29) is 29.8 Å². The van der Waals surface area contributed by atoms with E-state index in [1.807, 2.05) is 0 Å². The zero-order chi connectivity index (χ0) is 16.4. The molecule has 0 unspecified atom stereocenters. The Labute approximate surface area is 132 Å². The molecule has 2 aliphatic heterocycles. The van der Waals surface area contributed by atoms with E-state index >= 15 is 0 Å². The number of carbonyl (C=O) groups excluding carboxylic acids is 3. The summed E-state index contributed by atoms with van der Waals surface area (Å²) >= 11 is 0. The van der Waals surface area contributed by atoms with Gasteiger partial charge in [0.05, 0.1) is 0 Å². The number of aryl methyl sites for hydroxylation is 1. The highest BCUT2D eigenvalue weighted by Crippen LogP contribution is 2.11. The van der Waals surface area contributed by atoms with Gasteiger partial charge in [-0.1, -0.05) is 5.16 Å². The van der Waals surface area contributed by atoms with E-state index in [9.17, 15) is 14.4 Å². The van der Waals surface area contributed by atoms with E-state index in [2.05, 4.69) is 15.7 Å². The molecular weight excluding hydrogens is 302 g/mol. The van der Waals surface area contributed by atoms with Crippen LogP contribution in [0.5, 0.6) is 0 Å². The van der Waals surface area contributed by atoms with Crippen molar-refractivity contribution in [2.75, 3.05) is 26.2 Å². The first-order chi connectivity index (χ1) is 11.0. The summed E-state index contributed by atoms with van der Waals surface area (Å²) in [4.78, 5) is 38.9. The lowest BCUT2D eigenvalue weighted by molar-refractivity contribution is -0.126. The second-order valence-corrected chi connectivity index (χ2v) is 5.50. The molecule has 9 nitrogen and oxygen atoms in total. The number of aromatic nitrogens is 1. The smallest absolute Gasteiger partial charge is 0.276 e. The molecule has 122 valence electrons. The van der Waals surface area contributed by atoms with Crippen molar-refractivity contribution in [3.63, 3.8) is 0 Å². The van der Waals surface area contributed by atoms with Crippen molar-refractivity contribution in [2.45, 2.75) is 19.8 Å². The van der Waals surface area contributed by atoms with Crippen LogP contribution in [0.1, 0.15) is 29.1 Å². The number of nitrogens with zero attached hydrogens (tertiary/aromatic N) is 4. The minimum Gasteiger partial charge on any atom is -0.361 e. The number of hydrogen-bond acceptors (Lipinski definition) is 6. The molecule has 0 aliphatic carbocycles. The minimum atomic E-state index is -0.198. The molecule has 2 aliphatic rings. The van der Waals surface area contributed by atoms with Crippen LogP contribution in [0.4, 0.5) is 0 Å². The predicted octanol–water partition coefficient (Wildman–Crippen LogP) is -0.467. The van der Waals surface area contributed by atoms with Crippen molar-refractivity contribution in [2.24, 2.45) is 5.10 Å². The van der Waals surface area contributed by atoms with Gasteiger partial charge in [-0.25, -0.2) is 5.43 Å². The van der Waals surface area contributed by atoms with Crippen LogP contribution in [0.15, 0.2) is 15.7 Å². The molecule has 3 amide bonds. The molecule has 23 heavy (non-hydrogen) atoms. The summed E-state index contributed by atoms with van der Waals surface area (Å²) in [6.07, 6.45) is 0.622. The first-order valence-electron chi connectivity index (χ1n) is 7.42. The molecule has 0 bridgehead atoms. The highest BCUT2D eigenvalue weighted by Gasteiger charge is 2.29. The summed E-state index contributed by atoms with van der Waals surface area (Å²) in [7, 11) is 0. The van der Waals surface area contributed by atoms with Gasteiger partial charge in [0, 0.05) is 45.1 Å². The van der Waals surface area contributed by atoms with Crippen LogP contribution >= 0.6 is 0 Å². The molecule has 3 rings (SSSR count). The fourth-order valence-electron chi connectivity index (χ4n) is 2.55. The molecule has 0 spiro atoms. The standard InChI is InChI=1S/C14H17N5O4/c1-9-8-11(17-23-9)14(22)19-6-4-18(5-7-19)13(21)10-2-3-12(20)16-15-10/h8H,2-7H2,1H3,(H,16,20). The lowest BCUT2D eigenvalue weighted by Gasteiger charge is -2.34. The lowest BCUT2D eigenvalue weighted by Crippen LogP contribution is -2.52. The van der Waals surface area contributed by atoms with E-state index in [0.29, 0.717) is 44.1 Å². The van der Waals surface area contributed by atoms with Crippen LogP contribution in [0.2, 0.25) is 0 Å². The van der Waals surface area contributed by atoms with Crippen molar-refractivity contribution >= 4 is 23.4 Å². The Bertz CT molecular complexity index is 672. The SMILES string of the molecule is Cc1cc(C(=O)N2CCN(C(=O)C3=NNC(=O)CC3)CC2)no1. The summed E-state index contributed by atoms with van der Waals surface area (Å²) in [6.45, 7) is 3.43. The summed E-state index contributed by atoms with van der Waals surface area (Å²) in [5.74, 6) is 0.0185. The molecule has 1 N–H and O–H groups in total. The number of piperazine rings is 1. The number of hydrogen-bond donors (Lipinski definition) is 1. The highest BCUT2D eigenvalue weighted by molar-refractivity contribution is 6.39. The van der Waals surface area contributed by atoms with Crippen molar-refractivity contribution in [1.82, 2.24) is 20.4 Å². The molecule has 9 heteroatoms. The molecule has 1 fully saturated rings. The largest absolute Gasteiger partial charge is 0.361 e. The number of carbonyl (C=O) groups is 3. The summed E-state index contributed by atoms with van der Waals surface area (Å²) in [6, 6.07) is 1.60. The van der Waals surface area contributed by atoms with Crippen LogP contribution in [0.3, 0.4) is 0 Å². The van der Waals surface area contributed by atoms with E-state index in [1.165, 1.54) is 0 Å². The first-order valence-corrected chi connectivity index (χ1v) is 7.42. The molecule has 0 aromatic carbocycles. The molecule has 1 aromatic rings. The van der Waals surface area contributed by atoms with Crippen LogP contribution in [0, 0.1) is 6.92 Å². The first kappa shape index (κ1) is 15.2. The van der Waals surface area contributed by atoms with Gasteiger partial charge in [0.2, 0.25) is 5.91 Å². The zero-order valence-electron chi connectivity index (χ0n) is 12.7. The van der Waals surface area contributed by atoms with Gasteiger partial charge in [0.15, 0.2) is 5.69 Å². The van der Waals surface area contributed by atoms with Gasteiger partial charge in [-0.05, 0) is 6.92 Å². The van der Waals surface area contributed by atoms with Gasteiger partial charge in [-0.3, -0.25) is 14.4 Å². The summed E-state index contributed by atoms with van der Waals surface area (Å²) in [5.41, 5.74) is 2.96. The maximum atomic E-state index is 12.3. The third-order valence-electron chi connectivity index (χ3n) is 3.85. The van der Waals surface area contributed by atoms with Gasteiger partial charge in [0.1, 0.15) is 11.5 Å². The van der Waals surface area contributed by atoms with Gasteiger partial charge in [-0.2, -0.15) is 5.10 Å².